The Labute approximate surface area is 155 Å². The molecule has 7 nitrogen and oxygen atoms in total. The van der Waals surface area contributed by atoms with Crippen molar-refractivity contribution in [2.75, 3.05) is 18.0 Å². The fourth-order valence-corrected chi connectivity index (χ4v) is 4.00. The first-order chi connectivity index (χ1) is 13.0. The molecule has 142 valence electrons. The van der Waals surface area contributed by atoms with Crippen LogP contribution in [-0.2, 0) is 9.53 Å². The van der Waals surface area contributed by atoms with Crippen LogP contribution in [-0.4, -0.2) is 42.6 Å². The molecule has 4 atom stereocenters. The number of hydrogen-bond acceptors (Lipinski definition) is 5. The molecule has 8 heteroatoms. The Morgan fingerprint density at radius 2 is 2.33 bits per heavy atom. The second-order valence-corrected chi connectivity index (χ2v) is 7.20. The number of hydrogen-bond donors (Lipinski definition) is 2. The molecule has 1 saturated heterocycles. The number of carbonyl (C=O) groups excluding carboxylic acids is 2. The minimum absolute atomic E-state index is 0.199. The summed E-state index contributed by atoms with van der Waals surface area (Å²) in [6, 6.07) is 4.73. The zero-order chi connectivity index (χ0) is 19.1. The Morgan fingerprint density at radius 3 is 2.96 bits per heavy atom. The molecular formula is C19H20FN3O4. The predicted octanol–water partition coefficient (Wildman–Crippen LogP) is 2.40. The van der Waals surface area contributed by atoms with Gasteiger partial charge in [0.05, 0.1) is 18.8 Å². The van der Waals surface area contributed by atoms with E-state index in [0.717, 1.165) is 12.0 Å². The van der Waals surface area contributed by atoms with Gasteiger partial charge in [-0.05, 0) is 42.0 Å². The normalized spacial score (nSPS) is 28.9. The van der Waals surface area contributed by atoms with Gasteiger partial charge in [-0.2, -0.15) is 0 Å². The molecule has 1 aliphatic heterocycles. The molecule has 2 amide bonds. The third kappa shape index (κ3) is 3.27. The summed E-state index contributed by atoms with van der Waals surface area (Å²) in [5.41, 5.74) is 1.91. The number of nitrogens with one attached hydrogen (secondary N) is 1. The molecule has 2 aliphatic carbocycles. The predicted molar refractivity (Wildman–Crippen MR) is 96.0 cm³/mol. The maximum Gasteiger partial charge on any atom is 0.414 e. The molecule has 0 bridgehead atoms. The van der Waals surface area contributed by atoms with Crippen molar-refractivity contribution in [3.05, 3.63) is 35.7 Å². The van der Waals surface area contributed by atoms with E-state index in [2.05, 4.69) is 10.5 Å². The Balaban J connectivity index is 1.45. The maximum atomic E-state index is 14.7. The quantitative estimate of drug-likeness (QED) is 0.471. The molecular weight excluding hydrogens is 353 g/mol. The first-order valence-corrected chi connectivity index (χ1v) is 8.88. The zero-order valence-corrected chi connectivity index (χ0v) is 14.8. The number of fused-ring (bicyclic) bond motifs is 1. The molecule has 4 rings (SSSR count). The van der Waals surface area contributed by atoms with Crippen LogP contribution in [0.15, 0.2) is 29.4 Å². The standard InChI is InChI=1S/C19H20FN3O4/c1-10(24)21-7-13-9-23(19(25)27-13)12-2-3-14(18(20)6-12)11-4-15-16(5-11)17(15)8-22-26/h2-4,6,8,13,15-17,26H,5,7,9H2,1H3,(H,21,24)/t13-,15?,16?,17?/m0/s1. The summed E-state index contributed by atoms with van der Waals surface area (Å²) < 4.78 is 19.9. The Kier molecular flexibility index (Phi) is 4.33. The lowest BCUT2D eigenvalue weighted by atomic mass is 10.00. The topological polar surface area (TPSA) is 91.2 Å². The van der Waals surface area contributed by atoms with Crippen LogP contribution in [0.2, 0.25) is 0 Å². The Bertz CT molecular complexity index is 853. The van der Waals surface area contributed by atoms with Gasteiger partial charge in [0.2, 0.25) is 5.91 Å². The summed E-state index contributed by atoms with van der Waals surface area (Å²) >= 11 is 0. The number of benzene rings is 1. The van der Waals surface area contributed by atoms with Crippen molar-refractivity contribution in [1.82, 2.24) is 5.32 Å². The number of allylic oxidation sites excluding steroid dienone is 2. The zero-order valence-electron chi connectivity index (χ0n) is 14.8. The van der Waals surface area contributed by atoms with E-state index in [0.29, 0.717) is 23.1 Å². The second kappa shape index (κ2) is 6.68. The van der Waals surface area contributed by atoms with E-state index >= 15 is 0 Å². The SMILES string of the molecule is CC(=O)NC[C@H]1CN(c2ccc(C3=CC4C(C=NO)C4C3)c(F)c2)C(=O)O1. The smallest absolute Gasteiger partial charge is 0.414 e. The number of oxime groups is 1. The maximum absolute atomic E-state index is 14.7. The van der Waals surface area contributed by atoms with Crippen LogP contribution in [0.1, 0.15) is 18.9 Å². The van der Waals surface area contributed by atoms with Crippen LogP contribution in [0.4, 0.5) is 14.9 Å². The molecule has 1 aromatic rings. The number of amides is 2. The fraction of sp³-hybridized carbons (Fsp3) is 0.421. The Morgan fingerprint density at radius 1 is 1.52 bits per heavy atom. The first-order valence-electron chi connectivity index (χ1n) is 8.88. The molecule has 0 aromatic heterocycles. The van der Waals surface area contributed by atoms with Gasteiger partial charge in [-0.15, -0.1) is 5.16 Å². The highest BCUT2D eigenvalue weighted by Gasteiger charge is 2.51. The lowest BCUT2D eigenvalue weighted by Gasteiger charge is -2.15. The van der Waals surface area contributed by atoms with Gasteiger partial charge in [-0.1, -0.05) is 6.08 Å². The number of carbonyl (C=O) groups is 2. The van der Waals surface area contributed by atoms with Gasteiger partial charge in [0.25, 0.3) is 0 Å². The third-order valence-corrected chi connectivity index (χ3v) is 5.44. The largest absolute Gasteiger partial charge is 0.442 e. The number of cyclic esters (lactones) is 1. The Hall–Kier alpha value is -2.90. The average Bonchev–Trinajstić information content (AvgIpc) is 2.98. The van der Waals surface area contributed by atoms with Crippen molar-refractivity contribution >= 4 is 29.5 Å². The van der Waals surface area contributed by atoms with E-state index in [4.69, 9.17) is 9.94 Å². The molecule has 1 aromatic carbocycles. The van der Waals surface area contributed by atoms with Crippen molar-refractivity contribution in [2.45, 2.75) is 19.4 Å². The number of halogens is 1. The number of anilines is 1. The molecule has 1 saturated carbocycles. The van der Waals surface area contributed by atoms with Crippen molar-refractivity contribution in [3.63, 3.8) is 0 Å². The summed E-state index contributed by atoms with van der Waals surface area (Å²) in [5.74, 6) is 0.373. The van der Waals surface area contributed by atoms with Crippen LogP contribution in [0.25, 0.3) is 5.57 Å². The van der Waals surface area contributed by atoms with Gasteiger partial charge in [0.1, 0.15) is 11.9 Å². The molecule has 27 heavy (non-hydrogen) atoms. The van der Waals surface area contributed by atoms with Crippen molar-refractivity contribution in [3.8, 4) is 0 Å². The van der Waals surface area contributed by atoms with E-state index < -0.39 is 12.2 Å². The van der Waals surface area contributed by atoms with Gasteiger partial charge < -0.3 is 15.3 Å². The lowest BCUT2D eigenvalue weighted by Crippen LogP contribution is -2.33. The molecule has 0 radical (unpaired) electrons. The second-order valence-electron chi connectivity index (χ2n) is 7.20. The number of ether oxygens (including phenoxy) is 1. The molecule has 2 N–H and O–H groups in total. The first kappa shape index (κ1) is 17.5. The van der Waals surface area contributed by atoms with Crippen molar-refractivity contribution in [2.24, 2.45) is 22.9 Å². The molecule has 3 unspecified atom stereocenters. The highest BCUT2D eigenvalue weighted by atomic mass is 19.1. The third-order valence-electron chi connectivity index (χ3n) is 5.44. The van der Waals surface area contributed by atoms with Gasteiger partial charge >= 0.3 is 6.09 Å². The summed E-state index contributed by atoms with van der Waals surface area (Å²) in [6.45, 7) is 1.88. The molecule has 1 heterocycles. The van der Waals surface area contributed by atoms with Crippen LogP contribution in [0, 0.1) is 23.6 Å². The van der Waals surface area contributed by atoms with Gasteiger partial charge in [-0.3, -0.25) is 9.69 Å². The van der Waals surface area contributed by atoms with Crippen LogP contribution in [0.3, 0.4) is 0 Å². The minimum Gasteiger partial charge on any atom is -0.442 e. The van der Waals surface area contributed by atoms with E-state index in [9.17, 15) is 14.0 Å². The highest BCUT2D eigenvalue weighted by molar-refractivity contribution is 5.90. The fourth-order valence-electron chi connectivity index (χ4n) is 4.00. The van der Waals surface area contributed by atoms with Gasteiger partial charge in [0.15, 0.2) is 0 Å². The number of nitrogens with zero attached hydrogens (tertiary/aromatic N) is 2. The summed E-state index contributed by atoms with van der Waals surface area (Å²) in [6.07, 6.45) is 3.33. The van der Waals surface area contributed by atoms with Crippen molar-refractivity contribution in [1.29, 1.82) is 0 Å². The van der Waals surface area contributed by atoms with E-state index in [-0.39, 0.29) is 30.7 Å². The molecule has 2 fully saturated rings. The lowest BCUT2D eigenvalue weighted by molar-refractivity contribution is -0.119. The van der Waals surface area contributed by atoms with E-state index in [1.807, 2.05) is 6.08 Å². The molecule has 0 spiro atoms. The average molecular weight is 373 g/mol. The van der Waals surface area contributed by atoms with E-state index in [1.165, 1.54) is 17.9 Å². The summed E-state index contributed by atoms with van der Waals surface area (Å²) in [4.78, 5) is 24.4. The minimum atomic E-state index is -0.551. The van der Waals surface area contributed by atoms with Gasteiger partial charge in [-0.25, -0.2) is 9.18 Å². The summed E-state index contributed by atoms with van der Waals surface area (Å²) in [5, 5.41) is 14.3. The van der Waals surface area contributed by atoms with Gasteiger partial charge in [0, 0.05) is 24.6 Å². The monoisotopic (exact) mass is 373 g/mol. The highest BCUT2D eigenvalue weighted by Crippen LogP contribution is 2.57. The van der Waals surface area contributed by atoms with Crippen molar-refractivity contribution < 1.29 is 23.9 Å². The molecule has 3 aliphatic rings. The summed E-state index contributed by atoms with van der Waals surface area (Å²) in [7, 11) is 0. The van der Waals surface area contributed by atoms with Crippen LogP contribution >= 0.6 is 0 Å². The van der Waals surface area contributed by atoms with Crippen LogP contribution in [0.5, 0.6) is 0 Å². The number of rotatable bonds is 5. The van der Waals surface area contributed by atoms with Crippen LogP contribution < -0.4 is 10.2 Å². The van der Waals surface area contributed by atoms with E-state index in [1.54, 1.807) is 18.3 Å².